The maximum Gasteiger partial charge on any atom is 0.224 e. The molecule has 1 aromatic rings. The van der Waals surface area contributed by atoms with Gasteiger partial charge in [-0.2, -0.15) is 0 Å². The van der Waals surface area contributed by atoms with Gasteiger partial charge in [-0.15, -0.1) is 0 Å². The summed E-state index contributed by atoms with van der Waals surface area (Å²) in [5, 5.41) is 3.40. The minimum Gasteiger partial charge on any atom is -0.325 e. The van der Waals surface area contributed by atoms with Crippen LogP contribution < -0.4 is 5.32 Å². The lowest BCUT2D eigenvalue weighted by Gasteiger charge is -2.07. The van der Waals surface area contributed by atoms with Crippen LogP contribution in [-0.4, -0.2) is 5.91 Å². The van der Waals surface area contributed by atoms with Crippen molar-refractivity contribution in [3.05, 3.63) is 28.8 Å². The molecule has 0 saturated carbocycles. The second-order valence-electron chi connectivity index (χ2n) is 3.23. The monoisotopic (exact) mass is 211 g/mol. The fraction of sp³-hybridized carbons (Fsp3) is 0.364. The van der Waals surface area contributed by atoms with Crippen LogP contribution in [0.25, 0.3) is 0 Å². The zero-order chi connectivity index (χ0) is 10.6. The molecule has 0 spiro atoms. The summed E-state index contributed by atoms with van der Waals surface area (Å²) in [6.07, 6.45) is 1.37. The number of carbonyl (C=O) groups is 1. The third-order valence-electron chi connectivity index (χ3n) is 1.94. The van der Waals surface area contributed by atoms with Crippen LogP contribution >= 0.6 is 11.6 Å². The van der Waals surface area contributed by atoms with E-state index in [1.165, 1.54) is 0 Å². The van der Waals surface area contributed by atoms with Gasteiger partial charge in [-0.1, -0.05) is 30.7 Å². The molecule has 76 valence electrons. The Morgan fingerprint density at radius 3 is 2.86 bits per heavy atom. The fourth-order valence-corrected chi connectivity index (χ4v) is 1.36. The smallest absolute Gasteiger partial charge is 0.224 e. The maximum absolute atomic E-state index is 11.3. The number of hydrogen-bond donors (Lipinski definition) is 1. The number of carbonyl (C=O) groups excluding carboxylic acids is 1. The van der Waals surface area contributed by atoms with Crippen molar-refractivity contribution in [2.45, 2.75) is 26.7 Å². The van der Waals surface area contributed by atoms with Crippen LogP contribution in [0.3, 0.4) is 0 Å². The molecule has 0 aromatic heterocycles. The number of rotatable bonds is 3. The van der Waals surface area contributed by atoms with Gasteiger partial charge in [0.1, 0.15) is 0 Å². The van der Waals surface area contributed by atoms with Crippen molar-refractivity contribution in [3.8, 4) is 0 Å². The van der Waals surface area contributed by atoms with E-state index in [0.717, 1.165) is 12.0 Å². The van der Waals surface area contributed by atoms with E-state index in [9.17, 15) is 4.79 Å². The van der Waals surface area contributed by atoms with Crippen LogP contribution in [0.2, 0.25) is 5.02 Å². The minimum absolute atomic E-state index is 0.0139. The molecular formula is C11H14ClNO. The second-order valence-corrected chi connectivity index (χ2v) is 3.61. The Hall–Kier alpha value is -1.02. The third-order valence-corrected chi connectivity index (χ3v) is 2.44. The SMILES string of the molecule is CCCC(=O)Nc1cccc(C)c1Cl. The Bertz CT molecular complexity index is 336. The van der Waals surface area contributed by atoms with Gasteiger partial charge in [-0.05, 0) is 25.0 Å². The van der Waals surface area contributed by atoms with E-state index in [0.29, 0.717) is 17.1 Å². The fourth-order valence-electron chi connectivity index (χ4n) is 1.18. The molecule has 0 fully saturated rings. The van der Waals surface area contributed by atoms with Crippen LogP contribution in [0, 0.1) is 6.92 Å². The van der Waals surface area contributed by atoms with Crippen molar-refractivity contribution in [3.63, 3.8) is 0 Å². The maximum atomic E-state index is 11.3. The topological polar surface area (TPSA) is 29.1 Å². The molecule has 3 heteroatoms. The molecule has 2 nitrogen and oxygen atoms in total. The van der Waals surface area contributed by atoms with E-state index in [-0.39, 0.29) is 5.91 Å². The highest BCUT2D eigenvalue weighted by Gasteiger charge is 2.05. The van der Waals surface area contributed by atoms with Crippen LogP contribution in [-0.2, 0) is 4.79 Å². The van der Waals surface area contributed by atoms with Gasteiger partial charge in [-0.3, -0.25) is 4.79 Å². The summed E-state index contributed by atoms with van der Waals surface area (Å²) in [6.45, 7) is 3.88. The molecule has 0 unspecified atom stereocenters. The normalized spacial score (nSPS) is 9.93. The number of anilines is 1. The number of nitrogens with one attached hydrogen (secondary N) is 1. The highest BCUT2D eigenvalue weighted by molar-refractivity contribution is 6.34. The summed E-state index contributed by atoms with van der Waals surface area (Å²) in [7, 11) is 0. The van der Waals surface area contributed by atoms with E-state index in [2.05, 4.69) is 5.32 Å². The van der Waals surface area contributed by atoms with E-state index >= 15 is 0 Å². The number of benzene rings is 1. The molecule has 1 N–H and O–H groups in total. The van der Waals surface area contributed by atoms with Gasteiger partial charge in [0.2, 0.25) is 5.91 Å². The summed E-state index contributed by atoms with van der Waals surface area (Å²) in [5.74, 6) is 0.0139. The highest BCUT2D eigenvalue weighted by atomic mass is 35.5. The highest BCUT2D eigenvalue weighted by Crippen LogP contribution is 2.25. The number of hydrogen-bond acceptors (Lipinski definition) is 1. The Balaban J connectivity index is 2.76. The summed E-state index contributed by atoms with van der Waals surface area (Å²) < 4.78 is 0. The first kappa shape index (κ1) is 11.1. The summed E-state index contributed by atoms with van der Waals surface area (Å²) in [5.41, 5.74) is 1.67. The largest absolute Gasteiger partial charge is 0.325 e. The van der Waals surface area contributed by atoms with E-state index in [1.807, 2.05) is 32.0 Å². The van der Waals surface area contributed by atoms with Crippen molar-refractivity contribution in [2.24, 2.45) is 0 Å². The molecule has 0 radical (unpaired) electrons. The summed E-state index contributed by atoms with van der Waals surface area (Å²) >= 11 is 6.02. The molecule has 0 bridgehead atoms. The average molecular weight is 212 g/mol. The molecule has 0 aliphatic heterocycles. The third kappa shape index (κ3) is 2.74. The van der Waals surface area contributed by atoms with Crippen LogP contribution in [0.4, 0.5) is 5.69 Å². The molecule has 0 aliphatic carbocycles. The molecule has 0 aliphatic rings. The Morgan fingerprint density at radius 1 is 1.50 bits per heavy atom. The second kappa shape index (κ2) is 5.01. The van der Waals surface area contributed by atoms with Crippen molar-refractivity contribution in [1.82, 2.24) is 0 Å². The number of aryl methyl sites for hydroxylation is 1. The summed E-state index contributed by atoms with van der Waals surface area (Å²) in [4.78, 5) is 11.3. The molecule has 0 heterocycles. The van der Waals surface area contributed by atoms with E-state index < -0.39 is 0 Å². The van der Waals surface area contributed by atoms with Crippen LogP contribution in [0.5, 0.6) is 0 Å². The van der Waals surface area contributed by atoms with Gasteiger partial charge in [0, 0.05) is 6.42 Å². The first-order valence-corrected chi connectivity index (χ1v) is 5.08. The first-order valence-electron chi connectivity index (χ1n) is 4.70. The van der Waals surface area contributed by atoms with Crippen molar-refractivity contribution in [2.75, 3.05) is 5.32 Å². The quantitative estimate of drug-likeness (QED) is 0.816. The molecule has 14 heavy (non-hydrogen) atoms. The minimum atomic E-state index is 0.0139. The van der Waals surface area contributed by atoms with Crippen LogP contribution in [0.15, 0.2) is 18.2 Å². The van der Waals surface area contributed by atoms with Crippen LogP contribution in [0.1, 0.15) is 25.3 Å². The van der Waals surface area contributed by atoms with Gasteiger partial charge >= 0.3 is 0 Å². The standard InChI is InChI=1S/C11H14ClNO/c1-3-5-10(14)13-9-7-4-6-8(2)11(9)12/h4,6-7H,3,5H2,1-2H3,(H,13,14). The molecule has 0 atom stereocenters. The molecule has 1 aromatic carbocycles. The van der Waals surface area contributed by atoms with Gasteiger partial charge in [-0.25, -0.2) is 0 Å². The van der Waals surface area contributed by atoms with Gasteiger partial charge in [0.25, 0.3) is 0 Å². The van der Waals surface area contributed by atoms with Crippen molar-refractivity contribution in [1.29, 1.82) is 0 Å². The predicted octanol–water partition coefficient (Wildman–Crippen LogP) is 3.39. The Kier molecular flexibility index (Phi) is 3.96. The van der Waals surface area contributed by atoms with Gasteiger partial charge < -0.3 is 5.32 Å². The van der Waals surface area contributed by atoms with E-state index in [1.54, 1.807) is 0 Å². The first-order chi connectivity index (χ1) is 6.65. The van der Waals surface area contributed by atoms with Crippen molar-refractivity contribution < 1.29 is 4.79 Å². The molecule has 1 amide bonds. The molecule has 1 rings (SSSR count). The molecule has 0 saturated heterocycles. The van der Waals surface area contributed by atoms with Gasteiger partial charge in [0.05, 0.1) is 10.7 Å². The zero-order valence-corrected chi connectivity index (χ0v) is 9.19. The Morgan fingerprint density at radius 2 is 2.21 bits per heavy atom. The lowest BCUT2D eigenvalue weighted by Crippen LogP contribution is -2.11. The van der Waals surface area contributed by atoms with Gasteiger partial charge in [0.15, 0.2) is 0 Å². The average Bonchev–Trinajstić information content (AvgIpc) is 2.13. The van der Waals surface area contributed by atoms with Crippen molar-refractivity contribution >= 4 is 23.2 Å². The summed E-state index contributed by atoms with van der Waals surface area (Å²) in [6, 6.07) is 5.60. The van der Waals surface area contributed by atoms with E-state index in [4.69, 9.17) is 11.6 Å². The number of amides is 1. The lowest BCUT2D eigenvalue weighted by molar-refractivity contribution is -0.116. The zero-order valence-electron chi connectivity index (χ0n) is 8.43. The molecular weight excluding hydrogens is 198 g/mol. The number of halogens is 1. The lowest BCUT2D eigenvalue weighted by atomic mass is 10.2. The Labute approximate surface area is 89.3 Å². The predicted molar refractivity (Wildman–Crippen MR) is 59.7 cm³/mol.